The van der Waals surface area contributed by atoms with Crippen molar-refractivity contribution in [2.75, 3.05) is 11.9 Å². The second-order valence-corrected chi connectivity index (χ2v) is 8.98. The van der Waals surface area contributed by atoms with E-state index in [1.165, 1.54) is 101 Å². The average molecular weight is 372 g/mol. The predicted octanol–water partition coefficient (Wildman–Crippen LogP) is 8.62. The molecule has 0 heterocycles. The molecule has 0 aliphatic heterocycles. The van der Waals surface area contributed by atoms with Crippen LogP contribution < -0.4 is 5.32 Å². The Morgan fingerprint density at radius 1 is 0.815 bits per heavy atom. The highest BCUT2D eigenvalue weighted by Crippen LogP contribution is 2.39. The third kappa shape index (κ3) is 8.28. The number of unbranched alkanes of at least 4 members (excludes halogenated alkanes) is 7. The summed E-state index contributed by atoms with van der Waals surface area (Å²) in [5.74, 6) is 1.81. The van der Waals surface area contributed by atoms with Gasteiger partial charge < -0.3 is 5.32 Å². The van der Waals surface area contributed by atoms with Crippen molar-refractivity contribution in [3.63, 3.8) is 0 Å². The molecule has 27 heavy (non-hydrogen) atoms. The van der Waals surface area contributed by atoms with Gasteiger partial charge in [0.25, 0.3) is 0 Å². The van der Waals surface area contributed by atoms with Crippen LogP contribution in [0.25, 0.3) is 0 Å². The highest BCUT2D eigenvalue weighted by Gasteiger charge is 2.23. The van der Waals surface area contributed by atoms with Crippen LogP contribution >= 0.6 is 0 Å². The summed E-state index contributed by atoms with van der Waals surface area (Å²) >= 11 is 0. The van der Waals surface area contributed by atoms with Gasteiger partial charge in [-0.3, -0.25) is 0 Å². The third-order valence-electron chi connectivity index (χ3n) is 6.63. The van der Waals surface area contributed by atoms with Gasteiger partial charge in [0.2, 0.25) is 0 Å². The first-order valence-corrected chi connectivity index (χ1v) is 12.1. The summed E-state index contributed by atoms with van der Waals surface area (Å²) in [6.45, 7) is 7.96. The van der Waals surface area contributed by atoms with E-state index in [9.17, 15) is 0 Å². The Bertz CT molecular complexity index is 499. The number of nitrogens with one attached hydrogen (secondary N) is 1. The van der Waals surface area contributed by atoms with E-state index in [2.05, 4.69) is 44.3 Å². The van der Waals surface area contributed by atoms with Gasteiger partial charge in [0.1, 0.15) is 0 Å². The maximum Gasteiger partial charge on any atom is 0.0343 e. The molecule has 1 heteroatoms. The number of hydrogen-bond acceptors (Lipinski definition) is 1. The molecule has 0 unspecified atom stereocenters. The van der Waals surface area contributed by atoms with E-state index in [1.807, 2.05) is 0 Å². The topological polar surface area (TPSA) is 12.0 Å². The summed E-state index contributed by atoms with van der Waals surface area (Å²) in [4.78, 5) is 0. The van der Waals surface area contributed by atoms with Gasteiger partial charge in [-0.2, -0.15) is 0 Å². The molecule has 0 amide bonds. The zero-order chi connectivity index (χ0) is 19.3. The monoisotopic (exact) mass is 371 g/mol. The van der Waals surface area contributed by atoms with Crippen LogP contribution in [0.2, 0.25) is 0 Å². The zero-order valence-electron chi connectivity index (χ0n) is 18.5. The summed E-state index contributed by atoms with van der Waals surface area (Å²) in [6.07, 6.45) is 19.8. The van der Waals surface area contributed by atoms with Gasteiger partial charge in [-0.15, -0.1) is 0 Å². The van der Waals surface area contributed by atoms with Gasteiger partial charge >= 0.3 is 0 Å². The summed E-state index contributed by atoms with van der Waals surface area (Å²) < 4.78 is 0. The van der Waals surface area contributed by atoms with Crippen LogP contribution in [-0.2, 0) is 0 Å². The smallest absolute Gasteiger partial charge is 0.0343 e. The van der Waals surface area contributed by atoms with E-state index < -0.39 is 0 Å². The van der Waals surface area contributed by atoms with Crippen LogP contribution in [0.3, 0.4) is 0 Å². The number of aryl methyl sites for hydroxylation is 1. The summed E-state index contributed by atoms with van der Waals surface area (Å²) in [5.41, 5.74) is 4.41. The maximum absolute atomic E-state index is 3.57. The van der Waals surface area contributed by atoms with Gasteiger partial charge in [0.05, 0.1) is 0 Å². The highest BCUT2D eigenvalue weighted by atomic mass is 14.9. The first-order chi connectivity index (χ1) is 13.2. The normalized spacial score (nSPS) is 20.0. The SMILES string of the molecule is CCCCCCCCCC1CCC(c2ccc(NCCCC)cc2C)CC1. The Morgan fingerprint density at radius 2 is 1.48 bits per heavy atom. The van der Waals surface area contributed by atoms with Crippen LogP contribution in [0, 0.1) is 12.8 Å². The third-order valence-corrected chi connectivity index (χ3v) is 6.63. The fourth-order valence-electron chi connectivity index (χ4n) is 4.81. The van der Waals surface area contributed by atoms with Crippen LogP contribution in [0.15, 0.2) is 18.2 Å². The van der Waals surface area contributed by atoms with Crippen molar-refractivity contribution in [2.24, 2.45) is 5.92 Å². The molecule has 1 aliphatic carbocycles. The quantitative estimate of drug-likeness (QED) is 0.342. The maximum atomic E-state index is 3.57. The fourth-order valence-corrected chi connectivity index (χ4v) is 4.81. The van der Waals surface area contributed by atoms with Gasteiger partial charge in [0.15, 0.2) is 0 Å². The largest absolute Gasteiger partial charge is 0.385 e. The molecule has 1 aromatic carbocycles. The summed E-state index contributed by atoms with van der Waals surface area (Å²) in [5, 5.41) is 3.57. The molecule has 1 saturated carbocycles. The lowest BCUT2D eigenvalue weighted by atomic mass is 9.76. The van der Waals surface area contributed by atoms with E-state index in [4.69, 9.17) is 0 Å². The minimum absolute atomic E-state index is 0.806. The molecule has 1 fully saturated rings. The molecule has 0 saturated heterocycles. The molecule has 1 N–H and O–H groups in total. The minimum Gasteiger partial charge on any atom is -0.385 e. The van der Waals surface area contributed by atoms with E-state index >= 15 is 0 Å². The molecule has 0 bridgehead atoms. The van der Waals surface area contributed by atoms with E-state index in [0.29, 0.717) is 0 Å². The molecule has 1 aliphatic rings. The van der Waals surface area contributed by atoms with Crippen LogP contribution in [0.4, 0.5) is 5.69 Å². The molecule has 1 aromatic rings. The van der Waals surface area contributed by atoms with Crippen molar-refractivity contribution < 1.29 is 0 Å². The Labute approximate surface area is 169 Å². The van der Waals surface area contributed by atoms with Crippen molar-refractivity contribution in [3.8, 4) is 0 Å². The lowest BCUT2D eigenvalue weighted by Crippen LogP contribution is -2.14. The molecular weight excluding hydrogens is 326 g/mol. The predicted molar refractivity (Wildman–Crippen MR) is 122 cm³/mol. The second-order valence-electron chi connectivity index (χ2n) is 8.98. The second kappa shape index (κ2) is 13.2. The van der Waals surface area contributed by atoms with Gasteiger partial charge in [-0.1, -0.05) is 77.7 Å². The van der Waals surface area contributed by atoms with Gasteiger partial charge in [-0.05, 0) is 74.1 Å². The zero-order valence-corrected chi connectivity index (χ0v) is 18.5. The van der Waals surface area contributed by atoms with Crippen LogP contribution in [0.1, 0.15) is 121 Å². The van der Waals surface area contributed by atoms with E-state index in [-0.39, 0.29) is 0 Å². The summed E-state index contributed by atoms with van der Waals surface area (Å²) in [6, 6.07) is 7.09. The molecule has 0 atom stereocenters. The van der Waals surface area contributed by atoms with E-state index in [0.717, 1.165) is 18.4 Å². The molecule has 2 rings (SSSR count). The Morgan fingerprint density at radius 3 is 2.15 bits per heavy atom. The molecule has 154 valence electrons. The summed E-state index contributed by atoms with van der Waals surface area (Å²) in [7, 11) is 0. The van der Waals surface area contributed by atoms with Crippen molar-refractivity contribution in [1.29, 1.82) is 0 Å². The first-order valence-electron chi connectivity index (χ1n) is 12.1. The first kappa shape index (κ1) is 22.3. The molecule has 0 spiro atoms. The standard InChI is InChI=1S/C26H45N/c1-4-6-8-9-10-11-12-13-23-14-16-24(17-15-23)26-19-18-25(21-22(26)3)27-20-7-5-2/h18-19,21,23-24,27H,4-17,20H2,1-3H3. The Balaban J connectivity index is 1.66. The molecule has 0 aromatic heterocycles. The Hall–Kier alpha value is -0.980. The van der Waals surface area contributed by atoms with Gasteiger partial charge in [0, 0.05) is 12.2 Å². The van der Waals surface area contributed by atoms with Crippen molar-refractivity contribution in [3.05, 3.63) is 29.3 Å². The average Bonchev–Trinajstić information content (AvgIpc) is 2.68. The van der Waals surface area contributed by atoms with Gasteiger partial charge in [-0.25, -0.2) is 0 Å². The molecule has 1 nitrogen and oxygen atoms in total. The molecular formula is C26H45N. The minimum atomic E-state index is 0.806. The number of hydrogen-bond donors (Lipinski definition) is 1. The lowest BCUT2D eigenvalue weighted by molar-refractivity contribution is 0.301. The number of anilines is 1. The van der Waals surface area contributed by atoms with E-state index in [1.54, 1.807) is 5.56 Å². The van der Waals surface area contributed by atoms with Crippen molar-refractivity contribution in [1.82, 2.24) is 0 Å². The van der Waals surface area contributed by atoms with Crippen LogP contribution in [0.5, 0.6) is 0 Å². The van der Waals surface area contributed by atoms with Crippen molar-refractivity contribution >= 4 is 5.69 Å². The molecule has 0 radical (unpaired) electrons. The number of benzene rings is 1. The lowest BCUT2D eigenvalue weighted by Gasteiger charge is -2.30. The number of rotatable bonds is 13. The highest BCUT2D eigenvalue weighted by molar-refractivity contribution is 5.49. The fraction of sp³-hybridized carbons (Fsp3) is 0.769. The van der Waals surface area contributed by atoms with Crippen LogP contribution in [-0.4, -0.2) is 6.54 Å². The van der Waals surface area contributed by atoms with Crippen molar-refractivity contribution in [2.45, 2.75) is 117 Å². The Kier molecular flexibility index (Phi) is 10.9.